The number of imidazole rings is 1. The number of aromatic nitrogens is 4. The molecule has 22 heavy (non-hydrogen) atoms. The zero-order valence-corrected chi connectivity index (χ0v) is 12.6. The summed E-state index contributed by atoms with van der Waals surface area (Å²) in [4.78, 5) is 32.1. The van der Waals surface area contributed by atoms with Crippen LogP contribution in [0.15, 0.2) is 9.59 Å². The standard InChI is InChI=1S/C14H21N5O3/c1-18-12(21)10-11(17-13(16-10)15-7-8-20)19(14(18)22)9-5-3-2-4-6-9/h9,20H,2-8H2,1H3,(H2,15,16,17). The fourth-order valence-electron chi connectivity index (χ4n) is 3.12. The number of aromatic amines is 1. The molecule has 0 atom stereocenters. The van der Waals surface area contributed by atoms with Gasteiger partial charge in [0.25, 0.3) is 5.56 Å². The van der Waals surface area contributed by atoms with Crippen LogP contribution in [-0.2, 0) is 7.05 Å². The second-order valence-corrected chi connectivity index (χ2v) is 5.74. The van der Waals surface area contributed by atoms with Crippen molar-refractivity contribution in [1.82, 2.24) is 19.1 Å². The molecule has 8 heteroatoms. The van der Waals surface area contributed by atoms with E-state index >= 15 is 0 Å². The van der Waals surface area contributed by atoms with Crippen LogP contribution in [0.2, 0.25) is 0 Å². The summed E-state index contributed by atoms with van der Waals surface area (Å²) >= 11 is 0. The minimum atomic E-state index is -0.378. The molecule has 1 fully saturated rings. The maximum Gasteiger partial charge on any atom is 0.332 e. The zero-order valence-electron chi connectivity index (χ0n) is 12.6. The summed E-state index contributed by atoms with van der Waals surface area (Å²) in [6.45, 7) is 0.290. The second-order valence-electron chi connectivity index (χ2n) is 5.74. The summed E-state index contributed by atoms with van der Waals surface area (Å²) in [5.74, 6) is 0.399. The molecule has 2 heterocycles. The number of aliphatic hydroxyl groups is 1. The molecular formula is C14H21N5O3. The van der Waals surface area contributed by atoms with Gasteiger partial charge in [-0.25, -0.2) is 4.79 Å². The van der Waals surface area contributed by atoms with Crippen LogP contribution in [0.4, 0.5) is 5.95 Å². The van der Waals surface area contributed by atoms with E-state index in [1.165, 1.54) is 13.5 Å². The van der Waals surface area contributed by atoms with Crippen molar-refractivity contribution in [3.63, 3.8) is 0 Å². The fourth-order valence-corrected chi connectivity index (χ4v) is 3.12. The Morgan fingerprint density at radius 1 is 1.32 bits per heavy atom. The van der Waals surface area contributed by atoms with Gasteiger partial charge < -0.3 is 15.4 Å². The predicted molar refractivity (Wildman–Crippen MR) is 83.3 cm³/mol. The van der Waals surface area contributed by atoms with Gasteiger partial charge in [0.15, 0.2) is 11.2 Å². The summed E-state index contributed by atoms with van der Waals surface area (Å²) in [6.07, 6.45) is 5.21. The summed E-state index contributed by atoms with van der Waals surface area (Å²) in [6, 6.07) is 0.0875. The Balaban J connectivity index is 2.18. The van der Waals surface area contributed by atoms with Gasteiger partial charge in [-0.2, -0.15) is 4.98 Å². The van der Waals surface area contributed by atoms with Crippen LogP contribution in [0, 0.1) is 0 Å². The van der Waals surface area contributed by atoms with Gasteiger partial charge in [-0.15, -0.1) is 0 Å². The average Bonchev–Trinajstić information content (AvgIpc) is 2.96. The monoisotopic (exact) mass is 307 g/mol. The fraction of sp³-hybridized carbons (Fsp3) is 0.643. The molecule has 3 N–H and O–H groups in total. The van der Waals surface area contributed by atoms with Crippen molar-refractivity contribution in [1.29, 1.82) is 0 Å². The number of rotatable bonds is 4. The number of aliphatic hydroxyl groups excluding tert-OH is 1. The number of nitrogens with zero attached hydrogens (tertiary/aromatic N) is 3. The molecule has 0 saturated heterocycles. The van der Waals surface area contributed by atoms with Gasteiger partial charge in [-0.05, 0) is 12.8 Å². The van der Waals surface area contributed by atoms with E-state index in [0.717, 1.165) is 30.3 Å². The van der Waals surface area contributed by atoms with E-state index in [4.69, 9.17) is 5.11 Å². The molecule has 3 rings (SSSR count). The van der Waals surface area contributed by atoms with E-state index in [-0.39, 0.29) is 23.9 Å². The Kier molecular flexibility index (Phi) is 4.02. The van der Waals surface area contributed by atoms with Crippen LogP contribution in [-0.4, -0.2) is 37.4 Å². The first-order valence-corrected chi connectivity index (χ1v) is 7.69. The Hall–Kier alpha value is -2.09. The lowest BCUT2D eigenvalue weighted by Gasteiger charge is -2.24. The quantitative estimate of drug-likeness (QED) is 0.755. The maximum atomic E-state index is 12.5. The first kappa shape index (κ1) is 14.8. The lowest BCUT2D eigenvalue weighted by atomic mass is 9.95. The van der Waals surface area contributed by atoms with E-state index in [1.54, 1.807) is 4.57 Å². The van der Waals surface area contributed by atoms with Gasteiger partial charge >= 0.3 is 5.69 Å². The molecule has 0 bridgehead atoms. The maximum absolute atomic E-state index is 12.5. The van der Waals surface area contributed by atoms with Crippen molar-refractivity contribution < 1.29 is 5.11 Å². The third-order valence-electron chi connectivity index (χ3n) is 4.27. The highest BCUT2D eigenvalue weighted by molar-refractivity contribution is 5.72. The molecule has 0 aliphatic heterocycles. The van der Waals surface area contributed by atoms with Gasteiger partial charge in [0, 0.05) is 19.6 Å². The summed E-state index contributed by atoms with van der Waals surface area (Å²) in [5.41, 5.74) is 0.0368. The van der Waals surface area contributed by atoms with Crippen LogP contribution >= 0.6 is 0 Å². The highest BCUT2D eigenvalue weighted by atomic mass is 16.3. The smallest absolute Gasteiger partial charge is 0.332 e. The molecule has 1 saturated carbocycles. The van der Waals surface area contributed by atoms with Gasteiger partial charge in [0.05, 0.1) is 6.61 Å². The van der Waals surface area contributed by atoms with Crippen LogP contribution in [0.1, 0.15) is 38.1 Å². The van der Waals surface area contributed by atoms with Crippen molar-refractivity contribution in [2.75, 3.05) is 18.5 Å². The van der Waals surface area contributed by atoms with Crippen LogP contribution in [0.25, 0.3) is 11.2 Å². The molecule has 2 aromatic rings. The Bertz CT molecular complexity index is 782. The molecule has 2 aromatic heterocycles. The number of hydrogen-bond acceptors (Lipinski definition) is 5. The zero-order chi connectivity index (χ0) is 15.7. The Morgan fingerprint density at radius 3 is 2.73 bits per heavy atom. The van der Waals surface area contributed by atoms with Gasteiger partial charge in [0.2, 0.25) is 5.95 Å². The minimum Gasteiger partial charge on any atom is -0.395 e. The van der Waals surface area contributed by atoms with Crippen molar-refractivity contribution >= 4 is 17.1 Å². The second kappa shape index (κ2) is 5.96. The molecule has 0 radical (unpaired) electrons. The van der Waals surface area contributed by atoms with Crippen LogP contribution < -0.4 is 16.6 Å². The van der Waals surface area contributed by atoms with Gasteiger partial charge in [0.1, 0.15) is 0 Å². The minimum absolute atomic E-state index is 0.0372. The van der Waals surface area contributed by atoms with Crippen molar-refractivity contribution in [2.45, 2.75) is 38.1 Å². The number of fused-ring (bicyclic) bond motifs is 1. The summed E-state index contributed by atoms with van der Waals surface area (Å²) in [5, 5.41) is 11.8. The van der Waals surface area contributed by atoms with Crippen molar-refractivity contribution in [2.24, 2.45) is 7.05 Å². The Morgan fingerprint density at radius 2 is 2.05 bits per heavy atom. The largest absolute Gasteiger partial charge is 0.395 e. The van der Waals surface area contributed by atoms with E-state index in [1.807, 2.05) is 0 Å². The van der Waals surface area contributed by atoms with Crippen molar-refractivity contribution in [3.05, 3.63) is 20.8 Å². The van der Waals surface area contributed by atoms with E-state index in [2.05, 4.69) is 15.3 Å². The predicted octanol–water partition coefficient (Wildman–Crippen LogP) is 0.333. The highest BCUT2D eigenvalue weighted by Gasteiger charge is 2.23. The molecule has 0 aromatic carbocycles. The molecular weight excluding hydrogens is 286 g/mol. The van der Waals surface area contributed by atoms with E-state index < -0.39 is 0 Å². The topological polar surface area (TPSA) is 105 Å². The molecule has 1 aliphatic rings. The normalized spacial score (nSPS) is 16.3. The van der Waals surface area contributed by atoms with E-state index in [9.17, 15) is 9.59 Å². The van der Waals surface area contributed by atoms with Crippen LogP contribution in [0.3, 0.4) is 0 Å². The molecule has 0 amide bonds. The summed E-state index contributed by atoms with van der Waals surface area (Å²) < 4.78 is 2.78. The van der Waals surface area contributed by atoms with Gasteiger partial charge in [-0.1, -0.05) is 19.3 Å². The van der Waals surface area contributed by atoms with E-state index in [0.29, 0.717) is 23.7 Å². The van der Waals surface area contributed by atoms with Gasteiger partial charge in [-0.3, -0.25) is 13.9 Å². The lowest BCUT2D eigenvalue weighted by Crippen LogP contribution is -2.40. The number of anilines is 1. The molecule has 0 unspecified atom stereocenters. The number of H-pyrrole nitrogens is 1. The average molecular weight is 307 g/mol. The highest BCUT2D eigenvalue weighted by Crippen LogP contribution is 2.28. The number of hydrogen-bond donors (Lipinski definition) is 3. The molecule has 120 valence electrons. The SMILES string of the molecule is Cn1c(=O)c2[nH]c(NCCO)nc2n(C2CCCCC2)c1=O. The van der Waals surface area contributed by atoms with Crippen LogP contribution in [0.5, 0.6) is 0 Å². The van der Waals surface area contributed by atoms with Crippen molar-refractivity contribution in [3.8, 4) is 0 Å². The molecule has 0 spiro atoms. The Labute approximate surface area is 126 Å². The lowest BCUT2D eigenvalue weighted by molar-refractivity contribution is 0.311. The number of nitrogens with one attached hydrogen (secondary N) is 2. The first-order valence-electron chi connectivity index (χ1n) is 7.69. The molecule has 1 aliphatic carbocycles. The third kappa shape index (κ3) is 2.43. The third-order valence-corrected chi connectivity index (χ3v) is 4.27. The summed E-state index contributed by atoms with van der Waals surface area (Å²) in [7, 11) is 1.49. The molecule has 8 nitrogen and oxygen atoms in total. The first-order chi connectivity index (χ1) is 10.6.